The lowest BCUT2D eigenvalue weighted by atomic mass is 10.3. The molecule has 1 aromatic rings. The van der Waals surface area contributed by atoms with Gasteiger partial charge in [0.1, 0.15) is 11.5 Å². The highest BCUT2D eigenvalue weighted by Gasteiger charge is 2.44. The summed E-state index contributed by atoms with van der Waals surface area (Å²) in [5.74, 6) is 1.17. The summed E-state index contributed by atoms with van der Waals surface area (Å²) in [5.41, 5.74) is 0. The van der Waals surface area contributed by atoms with Crippen LogP contribution in [-0.2, 0) is 22.8 Å². The Morgan fingerprint density at radius 2 is 1.36 bits per heavy atom. The van der Waals surface area contributed by atoms with Gasteiger partial charge >= 0.3 is 8.80 Å². The van der Waals surface area contributed by atoms with Gasteiger partial charge in [-0.3, -0.25) is 0 Å². The van der Waals surface area contributed by atoms with Gasteiger partial charge in [0.25, 0.3) is 0 Å². The van der Waals surface area contributed by atoms with E-state index in [2.05, 4.69) is 0 Å². The van der Waals surface area contributed by atoms with Crippen LogP contribution in [0.25, 0.3) is 0 Å². The van der Waals surface area contributed by atoms with E-state index in [1.54, 1.807) is 39.5 Å². The van der Waals surface area contributed by atoms with Crippen molar-refractivity contribution in [2.24, 2.45) is 0 Å². The third kappa shape index (κ3) is 5.95. The second-order valence-electron chi connectivity index (χ2n) is 5.11. The maximum Gasteiger partial charge on any atom is 0.540 e. The quantitative estimate of drug-likeness (QED) is 0.411. The van der Waals surface area contributed by atoms with Crippen LogP contribution in [-0.4, -0.2) is 55.9 Å². The third-order valence-corrected chi connectivity index (χ3v) is 6.15. The molecule has 0 aromatic heterocycles. The van der Waals surface area contributed by atoms with Crippen molar-refractivity contribution >= 4 is 14.0 Å². The molecule has 0 aliphatic carbocycles. The van der Waals surface area contributed by atoms with E-state index in [4.69, 9.17) is 32.2 Å². The Hall–Kier alpha value is -1.16. The van der Waals surface area contributed by atoms with Crippen molar-refractivity contribution in [3.05, 3.63) is 18.2 Å². The largest absolute Gasteiger partial charge is 0.540 e. The van der Waals surface area contributed by atoms with Crippen molar-refractivity contribution in [1.82, 2.24) is 0 Å². The number of ether oxygens (including phenoxy) is 4. The molecule has 1 rings (SSSR count). The van der Waals surface area contributed by atoms with Gasteiger partial charge in [0.2, 0.25) is 0 Å². The van der Waals surface area contributed by atoms with Crippen molar-refractivity contribution in [2.75, 3.05) is 34.5 Å². The fraction of sp³-hybridized carbons (Fsp3) is 0.647. The third-order valence-electron chi connectivity index (χ3n) is 3.48. The minimum atomic E-state index is -3.13. The zero-order valence-corrected chi connectivity index (χ0v) is 17.2. The maximum absolute atomic E-state index is 5.89. The first kappa shape index (κ1) is 21.9. The van der Waals surface area contributed by atoms with Gasteiger partial charge in [-0.15, -0.1) is 0 Å². The summed E-state index contributed by atoms with van der Waals surface area (Å²) in [6.07, 6.45) is -0.800. The van der Waals surface area contributed by atoms with Crippen LogP contribution >= 0.6 is 0 Å². The highest BCUT2D eigenvalue weighted by molar-refractivity contribution is 6.76. The molecule has 0 heterocycles. The molecule has 0 radical (unpaired) electrons. The molecule has 25 heavy (non-hydrogen) atoms. The molecule has 1 aromatic carbocycles. The fourth-order valence-corrected chi connectivity index (χ4v) is 4.34. The molecular weight excluding hydrogens is 344 g/mol. The summed E-state index contributed by atoms with van der Waals surface area (Å²) in [6, 6.07) is 5.39. The normalized spacial score (nSPS) is 14.2. The molecule has 7 nitrogen and oxygen atoms in total. The van der Waals surface area contributed by atoms with E-state index >= 15 is 0 Å². The first-order chi connectivity index (χ1) is 12.0. The van der Waals surface area contributed by atoms with E-state index in [1.807, 2.05) is 27.7 Å². The van der Waals surface area contributed by atoms with Gasteiger partial charge in [-0.2, -0.15) is 0 Å². The highest BCUT2D eigenvalue weighted by atomic mass is 28.4. The van der Waals surface area contributed by atoms with E-state index in [1.165, 1.54) is 0 Å². The van der Waals surface area contributed by atoms with Gasteiger partial charge in [0, 0.05) is 34.5 Å². The Morgan fingerprint density at radius 1 is 0.840 bits per heavy atom. The van der Waals surface area contributed by atoms with Crippen LogP contribution in [0.5, 0.6) is 11.5 Å². The monoisotopic (exact) mass is 374 g/mol. The summed E-state index contributed by atoms with van der Waals surface area (Å²) >= 11 is 0. The van der Waals surface area contributed by atoms with Gasteiger partial charge in [-0.25, -0.2) is 0 Å². The Morgan fingerprint density at radius 3 is 1.84 bits per heavy atom. The van der Waals surface area contributed by atoms with Crippen LogP contribution in [0.1, 0.15) is 27.7 Å². The van der Waals surface area contributed by atoms with Crippen LogP contribution in [0, 0.1) is 0 Å². The summed E-state index contributed by atoms with van der Waals surface area (Å²) < 4.78 is 39.3. The van der Waals surface area contributed by atoms with Crippen LogP contribution in [0.4, 0.5) is 0 Å². The lowest BCUT2D eigenvalue weighted by molar-refractivity contribution is -0.0634. The van der Waals surface area contributed by atoms with Crippen molar-refractivity contribution in [3.63, 3.8) is 0 Å². The van der Waals surface area contributed by atoms with Gasteiger partial charge in [-0.05, 0) is 45.9 Å². The molecule has 0 bridgehead atoms. The van der Waals surface area contributed by atoms with E-state index in [-0.39, 0.29) is 6.29 Å². The first-order valence-electron chi connectivity index (χ1n) is 8.32. The minimum absolute atomic E-state index is 0.379. The number of rotatable bonds is 12. The number of benzene rings is 1. The minimum Gasteiger partial charge on any atom is -0.465 e. The molecule has 0 N–H and O–H groups in total. The fourth-order valence-electron chi connectivity index (χ4n) is 2.41. The molecule has 0 saturated heterocycles. The van der Waals surface area contributed by atoms with Crippen LogP contribution < -0.4 is 14.7 Å². The Balaban J connectivity index is 3.23. The molecule has 0 saturated carbocycles. The predicted octanol–water partition coefficient (Wildman–Crippen LogP) is 2.29. The van der Waals surface area contributed by atoms with Gasteiger partial charge in [0.15, 0.2) is 12.6 Å². The zero-order chi connectivity index (χ0) is 18.9. The molecule has 8 heteroatoms. The highest BCUT2D eigenvalue weighted by Crippen LogP contribution is 2.23. The molecule has 2 unspecified atom stereocenters. The van der Waals surface area contributed by atoms with Crippen molar-refractivity contribution < 1.29 is 32.2 Å². The number of hydrogen-bond donors (Lipinski definition) is 0. The van der Waals surface area contributed by atoms with E-state index in [0.29, 0.717) is 29.9 Å². The lowest BCUT2D eigenvalue weighted by Gasteiger charge is -2.28. The van der Waals surface area contributed by atoms with Crippen LogP contribution in [0.15, 0.2) is 18.2 Å². The molecule has 0 spiro atoms. The SMILES string of the molecule is CCOC(C)Oc1ccc(OC(C)OCC)c([Si](OC)(OC)OC)c1. The zero-order valence-electron chi connectivity index (χ0n) is 16.2. The number of hydrogen-bond acceptors (Lipinski definition) is 7. The summed E-state index contributed by atoms with van der Waals surface area (Å²) in [4.78, 5) is 0. The molecule has 0 amide bonds. The Labute approximate surface area is 151 Å². The smallest absolute Gasteiger partial charge is 0.465 e. The van der Waals surface area contributed by atoms with Gasteiger partial charge in [0.05, 0.1) is 5.19 Å². The summed E-state index contributed by atoms with van der Waals surface area (Å²) in [5, 5.41) is 0.660. The molecule has 0 aliphatic heterocycles. The second-order valence-corrected chi connectivity index (χ2v) is 7.98. The average Bonchev–Trinajstić information content (AvgIpc) is 2.59. The molecule has 2 atom stereocenters. The second kappa shape index (κ2) is 10.7. The molecule has 0 aliphatic rings. The molecule has 144 valence electrons. The standard InChI is InChI=1S/C17H30O7Si/c1-8-21-13(3)23-15-10-11-16(24-14(4)22-9-2)17(12-15)25(18-5,19-6)20-7/h10-14H,8-9H2,1-7H3. The predicted molar refractivity (Wildman–Crippen MR) is 96.3 cm³/mol. The van der Waals surface area contributed by atoms with Gasteiger partial charge in [-0.1, -0.05) is 0 Å². The van der Waals surface area contributed by atoms with Crippen LogP contribution in [0.3, 0.4) is 0 Å². The summed E-state index contributed by atoms with van der Waals surface area (Å²) in [6.45, 7) is 8.59. The van der Waals surface area contributed by atoms with Gasteiger partial charge < -0.3 is 32.2 Å². The van der Waals surface area contributed by atoms with Crippen LogP contribution in [0.2, 0.25) is 0 Å². The topological polar surface area (TPSA) is 64.6 Å². The molecule has 0 fully saturated rings. The lowest BCUT2D eigenvalue weighted by Crippen LogP contribution is -2.55. The van der Waals surface area contributed by atoms with Crippen molar-refractivity contribution in [3.8, 4) is 11.5 Å². The Kier molecular flexibility index (Phi) is 9.40. The maximum atomic E-state index is 5.89. The van der Waals surface area contributed by atoms with Crippen molar-refractivity contribution in [2.45, 2.75) is 40.3 Å². The van der Waals surface area contributed by atoms with Crippen molar-refractivity contribution in [1.29, 1.82) is 0 Å². The average molecular weight is 375 g/mol. The summed E-state index contributed by atoms with van der Waals surface area (Å²) in [7, 11) is 1.51. The van der Waals surface area contributed by atoms with E-state index in [0.717, 1.165) is 0 Å². The first-order valence-corrected chi connectivity index (χ1v) is 10.0. The van der Waals surface area contributed by atoms with E-state index in [9.17, 15) is 0 Å². The van der Waals surface area contributed by atoms with E-state index < -0.39 is 15.1 Å². The Bertz CT molecular complexity index is 500. The molecular formula is C17H30O7Si.